The fraction of sp³-hybridized carbons (Fsp3) is 0.429. The Bertz CT molecular complexity index is 186. The van der Waals surface area contributed by atoms with Crippen molar-refractivity contribution < 1.29 is 14.4 Å². The lowest BCUT2D eigenvalue weighted by Gasteiger charge is -2.02. The van der Waals surface area contributed by atoms with E-state index in [4.69, 9.17) is 0 Å². The van der Waals surface area contributed by atoms with Gasteiger partial charge in [0.15, 0.2) is 0 Å². The van der Waals surface area contributed by atoms with Gasteiger partial charge in [0.2, 0.25) is 0 Å². The van der Waals surface area contributed by atoms with E-state index in [0.717, 1.165) is 0 Å². The van der Waals surface area contributed by atoms with E-state index in [0.29, 0.717) is 0 Å². The third kappa shape index (κ3) is 4.13. The van der Waals surface area contributed by atoms with Crippen LogP contribution in [0.1, 0.15) is 20.3 Å². The molecule has 0 aliphatic heterocycles. The van der Waals surface area contributed by atoms with E-state index in [9.17, 15) is 9.59 Å². The molecule has 4 heteroatoms. The second-order valence-corrected chi connectivity index (χ2v) is 2.05. The molecule has 0 fully saturated rings. The molecule has 4 nitrogen and oxygen atoms in total. The van der Waals surface area contributed by atoms with E-state index in [1.54, 1.807) is 6.92 Å². The maximum Gasteiger partial charge on any atom is 0.358 e. The van der Waals surface area contributed by atoms with Gasteiger partial charge in [-0.3, -0.25) is 4.79 Å². The van der Waals surface area contributed by atoms with Crippen molar-refractivity contribution >= 4 is 11.9 Å². The summed E-state index contributed by atoms with van der Waals surface area (Å²) in [6, 6.07) is 0. The van der Waals surface area contributed by atoms with Gasteiger partial charge in [0.05, 0.1) is 0 Å². The molecule has 0 rings (SSSR count). The van der Waals surface area contributed by atoms with Crippen LogP contribution in [0.2, 0.25) is 0 Å². The van der Waals surface area contributed by atoms with Crippen molar-refractivity contribution in [3.63, 3.8) is 0 Å². The molecule has 1 amide bonds. The normalized spacial score (nSPS) is 8.55. The summed E-state index contributed by atoms with van der Waals surface area (Å²) in [5.41, 5.74) is 2.22. The largest absolute Gasteiger partial charge is 0.358 e. The molecule has 11 heavy (non-hydrogen) atoms. The van der Waals surface area contributed by atoms with Gasteiger partial charge < -0.3 is 4.84 Å². The maximum atomic E-state index is 10.6. The van der Waals surface area contributed by atoms with Crippen LogP contribution in [0.5, 0.6) is 0 Å². The van der Waals surface area contributed by atoms with Crippen LogP contribution in [0.15, 0.2) is 12.2 Å². The van der Waals surface area contributed by atoms with E-state index in [1.165, 1.54) is 6.92 Å². The van der Waals surface area contributed by atoms with Crippen molar-refractivity contribution in [3.05, 3.63) is 12.2 Å². The van der Waals surface area contributed by atoms with Crippen LogP contribution in [0.4, 0.5) is 0 Å². The first-order valence-electron chi connectivity index (χ1n) is 3.23. The van der Waals surface area contributed by atoms with Gasteiger partial charge in [-0.25, -0.2) is 4.79 Å². The summed E-state index contributed by atoms with van der Waals surface area (Å²) in [5, 5.41) is 0. The van der Waals surface area contributed by atoms with Gasteiger partial charge in [-0.05, 0) is 6.92 Å². The first-order valence-corrected chi connectivity index (χ1v) is 3.23. The third-order valence-electron chi connectivity index (χ3n) is 0.927. The lowest BCUT2D eigenvalue weighted by Crippen LogP contribution is -2.26. The second kappa shape index (κ2) is 4.49. The summed E-state index contributed by atoms with van der Waals surface area (Å²) in [5.74, 6) is -0.952. The fourth-order valence-corrected chi connectivity index (χ4v) is 0.263. The molecule has 1 N–H and O–H groups in total. The van der Waals surface area contributed by atoms with E-state index in [2.05, 4.69) is 11.4 Å². The zero-order valence-corrected chi connectivity index (χ0v) is 6.64. The van der Waals surface area contributed by atoms with E-state index < -0.39 is 5.97 Å². The SMILES string of the molecule is C=C(C)C(=O)ONC(=O)CC. The Labute approximate surface area is 65.2 Å². The maximum absolute atomic E-state index is 10.6. The zero-order valence-electron chi connectivity index (χ0n) is 6.64. The van der Waals surface area contributed by atoms with Crippen LogP contribution in [0.3, 0.4) is 0 Å². The highest BCUT2D eigenvalue weighted by molar-refractivity contribution is 5.88. The predicted octanol–water partition coefficient (Wildman–Crippen LogP) is 0.547. The molecule has 0 unspecified atom stereocenters. The van der Waals surface area contributed by atoms with Gasteiger partial charge in [-0.15, -0.1) is 0 Å². The first-order chi connectivity index (χ1) is 5.07. The van der Waals surface area contributed by atoms with Gasteiger partial charge in [0, 0.05) is 12.0 Å². The highest BCUT2D eigenvalue weighted by Crippen LogP contribution is 1.89. The second-order valence-electron chi connectivity index (χ2n) is 2.05. The van der Waals surface area contributed by atoms with Gasteiger partial charge >= 0.3 is 5.97 Å². The third-order valence-corrected chi connectivity index (χ3v) is 0.927. The van der Waals surface area contributed by atoms with Crippen LogP contribution in [0.25, 0.3) is 0 Å². The van der Waals surface area contributed by atoms with Crippen molar-refractivity contribution in [1.29, 1.82) is 0 Å². The Morgan fingerprint density at radius 3 is 2.45 bits per heavy atom. The van der Waals surface area contributed by atoms with Gasteiger partial charge in [-0.2, -0.15) is 5.48 Å². The zero-order chi connectivity index (χ0) is 8.85. The van der Waals surface area contributed by atoms with E-state index in [-0.39, 0.29) is 17.9 Å². The molecule has 62 valence electrons. The average molecular weight is 157 g/mol. The molecule has 0 bridgehead atoms. The number of amides is 1. The van der Waals surface area contributed by atoms with Crippen molar-refractivity contribution in [1.82, 2.24) is 5.48 Å². The van der Waals surface area contributed by atoms with E-state index in [1.807, 2.05) is 5.48 Å². The molecule has 0 radical (unpaired) electrons. The molecule has 0 aromatic heterocycles. The van der Waals surface area contributed by atoms with E-state index >= 15 is 0 Å². The van der Waals surface area contributed by atoms with Gasteiger partial charge in [-0.1, -0.05) is 13.5 Å². The van der Waals surface area contributed by atoms with Crippen molar-refractivity contribution in [2.75, 3.05) is 0 Å². The number of hydroxylamine groups is 1. The number of nitrogens with one attached hydrogen (secondary N) is 1. The van der Waals surface area contributed by atoms with Crippen LogP contribution in [-0.2, 0) is 14.4 Å². The first kappa shape index (κ1) is 9.68. The molecule has 0 saturated heterocycles. The van der Waals surface area contributed by atoms with Crippen molar-refractivity contribution in [2.24, 2.45) is 0 Å². The summed E-state index contributed by atoms with van der Waals surface area (Å²) < 4.78 is 0. The standard InChI is InChI=1S/C7H11NO3/c1-4-6(9)8-11-7(10)5(2)3/h2,4H2,1,3H3,(H,8,9). The Morgan fingerprint density at radius 2 is 2.09 bits per heavy atom. The van der Waals surface area contributed by atoms with Crippen LogP contribution >= 0.6 is 0 Å². The Kier molecular flexibility index (Phi) is 3.95. The Morgan fingerprint density at radius 1 is 1.55 bits per heavy atom. The van der Waals surface area contributed by atoms with Gasteiger partial charge in [0.1, 0.15) is 0 Å². The minimum atomic E-state index is -0.619. The lowest BCUT2D eigenvalue weighted by molar-refractivity contribution is -0.154. The highest BCUT2D eigenvalue weighted by atomic mass is 16.7. The molecule has 0 atom stereocenters. The van der Waals surface area contributed by atoms with Crippen molar-refractivity contribution in [3.8, 4) is 0 Å². The number of hydrogen-bond donors (Lipinski definition) is 1. The Balaban J connectivity index is 3.63. The van der Waals surface area contributed by atoms with Crippen LogP contribution in [0, 0.1) is 0 Å². The number of rotatable bonds is 2. The highest BCUT2D eigenvalue weighted by Gasteiger charge is 2.04. The molecule has 0 aliphatic carbocycles. The molecular weight excluding hydrogens is 146 g/mol. The quantitative estimate of drug-likeness (QED) is 0.470. The molecule has 0 spiro atoms. The molecule has 0 aliphatic rings. The predicted molar refractivity (Wildman–Crippen MR) is 39.3 cm³/mol. The van der Waals surface area contributed by atoms with Crippen LogP contribution in [-0.4, -0.2) is 11.9 Å². The number of carbonyl (C=O) groups is 2. The minimum Gasteiger partial charge on any atom is -0.336 e. The summed E-state index contributed by atoms with van der Waals surface area (Å²) in [4.78, 5) is 25.5. The summed E-state index contributed by atoms with van der Waals surface area (Å²) in [7, 11) is 0. The monoisotopic (exact) mass is 157 g/mol. The Hall–Kier alpha value is -1.32. The minimum absolute atomic E-state index is 0.251. The molecule has 0 saturated carbocycles. The lowest BCUT2D eigenvalue weighted by atomic mass is 10.4. The van der Waals surface area contributed by atoms with Crippen LogP contribution < -0.4 is 5.48 Å². The fourth-order valence-electron chi connectivity index (χ4n) is 0.263. The molecule has 0 aromatic rings. The summed E-state index contributed by atoms with van der Waals surface area (Å²) in [6.45, 7) is 6.49. The average Bonchev–Trinajstić information content (AvgIpc) is 1.99. The number of hydrogen-bond acceptors (Lipinski definition) is 3. The molecule has 0 heterocycles. The smallest absolute Gasteiger partial charge is 0.336 e. The molecular formula is C7H11NO3. The van der Waals surface area contributed by atoms with Crippen molar-refractivity contribution in [2.45, 2.75) is 20.3 Å². The summed E-state index contributed by atoms with van der Waals surface area (Å²) in [6.07, 6.45) is 0.281. The molecule has 0 aromatic carbocycles. The topological polar surface area (TPSA) is 55.4 Å². The van der Waals surface area contributed by atoms with Gasteiger partial charge in [0.25, 0.3) is 5.91 Å². The summed E-state index contributed by atoms with van der Waals surface area (Å²) >= 11 is 0. The number of carbonyl (C=O) groups excluding carboxylic acids is 2.